The lowest BCUT2D eigenvalue weighted by molar-refractivity contribution is 0.253. The van der Waals surface area contributed by atoms with Gasteiger partial charge in [0, 0.05) is 25.3 Å². The van der Waals surface area contributed by atoms with Crippen molar-refractivity contribution in [2.45, 2.75) is 38.3 Å². The van der Waals surface area contributed by atoms with Crippen LogP contribution >= 0.6 is 0 Å². The van der Waals surface area contributed by atoms with Crippen molar-refractivity contribution in [2.24, 2.45) is 5.73 Å². The summed E-state index contributed by atoms with van der Waals surface area (Å²) in [7, 11) is -3.53. The number of hydrogen-bond acceptors (Lipinski definition) is 4. The average Bonchev–Trinajstić information content (AvgIpc) is 2.47. The SMILES string of the molecule is CC(NS(=O)(=O)N1CCCCC1CN)c1ccccn1. The van der Waals surface area contributed by atoms with Crippen LogP contribution in [0.3, 0.4) is 0 Å². The quantitative estimate of drug-likeness (QED) is 0.841. The summed E-state index contributed by atoms with van der Waals surface area (Å²) in [5.74, 6) is 0. The molecule has 2 rings (SSSR count). The Bertz CT molecular complexity index is 520. The molecule has 0 bridgehead atoms. The summed E-state index contributed by atoms with van der Waals surface area (Å²) in [6, 6.07) is 5.00. The van der Waals surface area contributed by atoms with Gasteiger partial charge in [-0.1, -0.05) is 12.5 Å². The van der Waals surface area contributed by atoms with E-state index >= 15 is 0 Å². The molecule has 0 amide bonds. The van der Waals surface area contributed by atoms with Crippen LogP contribution in [0.25, 0.3) is 0 Å². The summed E-state index contributed by atoms with van der Waals surface area (Å²) >= 11 is 0. The number of aromatic nitrogens is 1. The molecule has 2 atom stereocenters. The maximum atomic E-state index is 12.5. The lowest BCUT2D eigenvalue weighted by Crippen LogP contribution is -2.52. The maximum Gasteiger partial charge on any atom is 0.280 e. The molecule has 1 aliphatic rings. The number of nitrogens with one attached hydrogen (secondary N) is 1. The zero-order valence-electron chi connectivity index (χ0n) is 11.7. The molecule has 0 spiro atoms. The van der Waals surface area contributed by atoms with Crippen molar-refractivity contribution < 1.29 is 8.42 Å². The second-order valence-electron chi connectivity index (χ2n) is 5.10. The maximum absolute atomic E-state index is 12.5. The first-order valence-electron chi connectivity index (χ1n) is 6.94. The topological polar surface area (TPSA) is 88.3 Å². The van der Waals surface area contributed by atoms with Crippen LogP contribution in [0.2, 0.25) is 0 Å². The minimum atomic E-state index is -3.53. The average molecular weight is 298 g/mol. The van der Waals surface area contributed by atoms with Gasteiger partial charge < -0.3 is 5.73 Å². The normalized spacial score (nSPS) is 22.6. The lowest BCUT2D eigenvalue weighted by Gasteiger charge is -2.34. The Morgan fingerprint density at radius 2 is 2.30 bits per heavy atom. The lowest BCUT2D eigenvalue weighted by atomic mass is 10.1. The highest BCUT2D eigenvalue weighted by Crippen LogP contribution is 2.20. The molecule has 6 nitrogen and oxygen atoms in total. The van der Waals surface area contributed by atoms with Gasteiger partial charge >= 0.3 is 0 Å². The molecule has 0 aromatic carbocycles. The molecule has 0 aliphatic carbocycles. The van der Waals surface area contributed by atoms with Crippen LogP contribution < -0.4 is 10.5 Å². The second-order valence-corrected chi connectivity index (χ2v) is 6.75. The van der Waals surface area contributed by atoms with E-state index in [1.165, 1.54) is 4.31 Å². The fraction of sp³-hybridized carbons (Fsp3) is 0.615. The van der Waals surface area contributed by atoms with Gasteiger partial charge in [0.25, 0.3) is 10.2 Å². The van der Waals surface area contributed by atoms with Crippen molar-refractivity contribution in [2.75, 3.05) is 13.1 Å². The molecular formula is C13H22N4O2S. The molecule has 20 heavy (non-hydrogen) atoms. The molecule has 7 heteroatoms. The standard InChI is InChI=1S/C13H22N4O2S/c1-11(13-7-2-4-8-15-13)16-20(18,19)17-9-5-3-6-12(17)10-14/h2,4,7-8,11-12,16H,3,5-6,9-10,14H2,1H3. The molecule has 3 N–H and O–H groups in total. The van der Waals surface area contributed by atoms with E-state index in [0.29, 0.717) is 18.8 Å². The fourth-order valence-electron chi connectivity index (χ4n) is 2.51. The van der Waals surface area contributed by atoms with Crippen molar-refractivity contribution in [3.63, 3.8) is 0 Å². The molecule has 0 saturated carbocycles. The third kappa shape index (κ3) is 3.54. The second kappa shape index (κ2) is 6.62. The van der Waals surface area contributed by atoms with E-state index in [2.05, 4.69) is 9.71 Å². The van der Waals surface area contributed by atoms with Crippen molar-refractivity contribution >= 4 is 10.2 Å². The molecule has 1 saturated heterocycles. The van der Waals surface area contributed by atoms with Gasteiger partial charge in [0.15, 0.2) is 0 Å². The Kier molecular flexibility index (Phi) is 5.09. The first kappa shape index (κ1) is 15.4. The van der Waals surface area contributed by atoms with Gasteiger partial charge in [-0.3, -0.25) is 4.98 Å². The number of hydrogen-bond donors (Lipinski definition) is 2. The van der Waals surface area contributed by atoms with Gasteiger partial charge in [-0.15, -0.1) is 0 Å². The van der Waals surface area contributed by atoms with Gasteiger partial charge in [-0.2, -0.15) is 17.4 Å². The Morgan fingerprint density at radius 3 is 2.95 bits per heavy atom. The molecular weight excluding hydrogens is 276 g/mol. The molecule has 1 aromatic heterocycles. The monoisotopic (exact) mass is 298 g/mol. The number of rotatable bonds is 5. The minimum Gasteiger partial charge on any atom is -0.329 e. The first-order valence-corrected chi connectivity index (χ1v) is 8.38. The summed E-state index contributed by atoms with van der Waals surface area (Å²) in [5, 5.41) is 0. The molecule has 2 unspecified atom stereocenters. The van der Waals surface area contributed by atoms with E-state index < -0.39 is 10.2 Å². The van der Waals surface area contributed by atoms with Crippen LogP contribution in [0.1, 0.15) is 37.9 Å². The number of nitrogens with zero attached hydrogens (tertiary/aromatic N) is 2. The van der Waals surface area contributed by atoms with Gasteiger partial charge in [0.05, 0.1) is 11.7 Å². The van der Waals surface area contributed by atoms with Crippen molar-refractivity contribution in [3.8, 4) is 0 Å². The van der Waals surface area contributed by atoms with Crippen LogP contribution in [-0.4, -0.2) is 36.8 Å². The Labute approximate surface area is 120 Å². The molecule has 112 valence electrons. The summed E-state index contributed by atoms with van der Waals surface area (Å²) in [4.78, 5) is 4.18. The van der Waals surface area contributed by atoms with E-state index in [4.69, 9.17) is 5.73 Å². The summed E-state index contributed by atoms with van der Waals surface area (Å²) < 4.78 is 29.1. The molecule has 1 aliphatic heterocycles. The van der Waals surface area contributed by atoms with E-state index in [1.54, 1.807) is 19.2 Å². The zero-order valence-corrected chi connectivity index (χ0v) is 12.5. The minimum absolute atomic E-state index is 0.0998. The highest BCUT2D eigenvalue weighted by Gasteiger charge is 2.32. The third-order valence-electron chi connectivity index (χ3n) is 3.61. The van der Waals surface area contributed by atoms with Crippen molar-refractivity contribution in [1.29, 1.82) is 0 Å². The highest BCUT2D eigenvalue weighted by molar-refractivity contribution is 7.87. The van der Waals surface area contributed by atoms with E-state index in [9.17, 15) is 8.42 Å². The number of nitrogens with two attached hydrogens (primary N) is 1. The predicted molar refractivity (Wildman–Crippen MR) is 78.1 cm³/mol. The van der Waals surface area contributed by atoms with Crippen LogP contribution in [0.15, 0.2) is 24.4 Å². The molecule has 1 fully saturated rings. The van der Waals surface area contributed by atoms with E-state index in [0.717, 1.165) is 19.3 Å². The van der Waals surface area contributed by atoms with Crippen LogP contribution in [-0.2, 0) is 10.2 Å². The summed E-state index contributed by atoms with van der Waals surface area (Å²) in [6.45, 7) is 2.69. The van der Waals surface area contributed by atoms with Crippen LogP contribution in [0.4, 0.5) is 0 Å². The largest absolute Gasteiger partial charge is 0.329 e. The van der Waals surface area contributed by atoms with Gasteiger partial charge in [-0.25, -0.2) is 0 Å². The predicted octanol–water partition coefficient (Wildman–Crippen LogP) is 0.790. The Balaban J connectivity index is 2.10. The first-order chi connectivity index (χ1) is 9.54. The van der Waals surface area contributed by atoms with Crippen LogP contribution in [0, 0.1) is 0 Å². The molecule has 1 aromatic rings. The van der Waals surface area contributed by atoms with Crippen molar-refractivity contribution in [3.05, 3.63) is 30.1 Å². The van der Waals surface area contributed by atoms with E-state index in [1.807, 2.05) is 12.1 Å². The molecule has 2 heterocycles. The third-order valence-corrected chi connectivity index (χ3v) is 5.36. The van der Waals surface area contributed by atoms with E-state index in [-0.39, 0.29) is 12.1 Å². The smallest absolute Gasteiger partial charge is 0.280 e. The fourth-order valence-corrected chi connectivity index (χ4v) is 4.17. The molecule has 0 radical (unpaired) electrons. The Morgan fingerprint density at radius 1 is 1.50 bits per heavy atom. The Hall–Kier alpha value is -1.02. The summed E-state index contributed by atoms with van der Waals surface area (Å²) in [6.07, 6.45) is 4.40. The van der Waals surface area contributed by atoms with Gasteiger partial charge in [0.2, 0.25) is 0 Å². The highest BCUT2D eigenvalue weighted by atomic mass is 32.2. The number of pyridine rings is 1. The van der Waals surface area contributed by atoms with Crippen LogP contribution in [0.5, 0.6) is 0 Å². The summed E-state index contributed by atoms with van der Waals surface area (Å²) in [5.41, 5.74) is 6.39. The number of piperidine rings is 1. The zero-order chi connectivity index (χ0) is 14.6. The van der Waals surface area contributed by atoms with Gasteiger partial charge in [0.1, 0.15) is 0 Å². The van der Waals surface area contributed by atoms with Gasteiger partial charge in [-0.05, 0) is 31.9 Å². The van der Waals surface area contributed by atoms with Crippen molar-refractivity contribution in [1.82, 2.24) is 14.0 Å².